The summed E-state index contributed by atoms with van der Waals surface area (Å²) in [6, 6.07) is 8.90. The van der Waals surface area contributed by atoms with E-state index in [1.165, 1.54) is 0 Å². The fourth-order valence-electron chi connectivity index (χ4n) is 1.51. The lowest BCUT2D eigenvalue weighted by Gasteiger charge is -2.19. The second-order valence-corrected chi connectivity index (χ2v) is 3.85. The SMILES string of the molecule is [CH2]CCC(CCC(F)(F)F)Oc1ccccc1. The molecule has 1 radical (unpaired) electrons. The molecule has 0 amide bonds. The van der Waals surface area contributed by atoms with Gasteiger partial charge in [0.1, 0.15) is 5.75 Å². The maximum absolute atomic E-state index is 12.1. The van der Waals surface area contributed by atoms with Crippen molar-refractivity contribution in [1.29, 1.82) is 0 Å². The Labute approximate surface area is 99.6 Å². The molecule has 0 aromatic heterocycles. The Kier molecular flexibility index (Phi) is 5.32. The van der Waals surface area contributed by atoms with Gasteiger partial charge in [0.2, 0.25) is 0 Å². The zero-order chi connectivity index (χ0) is 12.7. The van der Waals surface area contributed by atoms with Gasteiger partial charge in [-0.3, -0.25) is 0 Å². The zero-order valence-electron chi connectivity index (χ0n) is 9.54. The summed E-state index contributed by atoms with van der Waals surface area (Å²) in [7, 11) is 0. The quantitative estimate of drug-likeness (QED) is 0.722. The van der Waals surface area contributed by atoms with Gasteiger partial charge in [-0.05, 0) is 31.4 Å². The van der Waals surface area contributed by atoms with E-state index in [1.807, 2.05) is 6.07 Å². The van der Waals surface area contributed by atoms with Crippen LogP contribution in [0.25, 0.3) is 0 Å². The number of rotatable bonds is 6. The van der Waals surface area contributed by atoms with E-state index in [4.69, 9.17) is 4.74 Å². The molecule has 0 heterocycles. The highest BCUT2D eigenvalue weighted by Crippen LogP contribution is 2.25. The minimum atomic E-state index is -4.13. The molecule has 0 fully saturated rings. The molecule has 1 atom stereocenters. The first-order valence-corrected chi connectivity index (χ1v) is 5.59. The average Bonchev–Trinajstić information content (AvgIpc) is 2.27. The molecule has 0 spiro atoms. The summed E-state index contributed by atoms with van der Waals surface area (Å²) in [4.78, 5) is 0. The molecule has 95 valence electrons. The minimum Gasteiger partial charge on any atom is -0.490 e. The van der Waals surface area contributed by atoms with Crippen molar-refractivity contribution in [2.24, 2.45) is 0 Å². The van der Waals surface area contributed by atoms with E-state index in [0.29, 0.717) is 18.6 Å². The van der Waals surface area contributed by atoms with Gasteiger partial charge in [0, 0.05) is 6.42 Å². The van der Waals surface area contributed by atoms with E-state index >= 15 is 0 Å². The van der Waals surface area contributed by atoms with Crippen LogP contribution in [0.15, 0.2) is 30.3 Å². The maximum Gasteiger partial charge on any atom is 0.389 e. The van der Waals surface area contributed by atoms with E-state index in [-0.39, 0.29) is 6.42 Å². The summed E-state index contributed by atoms with van der Waals surface area (Å²) in [6.07, 6.45) is -4.28. The molecule has 0 aliphatic carbocycles. The molecule has 0 aliphatic rings. The number of benzene rings is 1. The van der Waals surface area contributed by atoms with Gasteiger partial charge in [-0.2, -0.15) is 13.2 Å². The molecule has 0 aliphatic heterocycles. The molecule has 0 N–H and O–H groups in total. The summed E-state index contributed by atoms with van der Waals surface area (Å²) >= 11 is 0. The van der Waals surface area contributed by atoms with E-state index < -0.39 is 18.7 Å². The highest BCUT2D eigenvalue weighted by atomic mass is 19.4. The number of alkyl halides is 3. The molecular formula is C13H16F3O. The van der Waals surface area contributed by atoms with Crippen LogP contribution in [-0.2, 0) is 0 Å². The van der Waals surface area contributed by atoms with Gasteiger partial charge in [0.15, 0.2) is 0 Å². The van der Waals surface area contributed by atoms with Gasteiger partial charge >= 0.3 is 6.18 Å². The summed E-state index contributed by atoms with van der Waals surface area (Å²) in [5.74, 6) is 0.605. The Bertz CT molecular complexity index is 308. The van der Waals surface area contributed by atoms with E-state index in [0.717, 1.165) is 0 Å². The summed E-state index contributed by atoms with van der Waals surface area (Å²) in [6.45, 7) is 3.65. The standard InChI is InChI=1S/C13H16F3O/c1-2-6-11(9-10-13(14,15)16)17-12-7-4-3-5-8-12/h3-5,7-8,11H,1-2,6,9-10H2. The summed E-state index contributed by atoms with van der Waals surface area (Å²) in [5.41, 5.74) is 0. The Balaban J connectivity index is 2.49. The monoisotopic (exact) mass is 245 g/mol. The Morgan fingerprint density at radius 3 is 2.29 bits per heavy atom. The first-order valence-electron chi connectivity index (χ1n) is 5.59. The maximum atomic E-state index is 12.1. The summed E-state index contributed by atoms with van der Waals surface area (Å²) in [5, 5.41) is 0. The third kappa shape index (κ3) is 6.19. The lowest BCUT2D eigenvalue weighted by molar-refractivity contribution is -0.139. The minimum absolute atomic E-state index is 0.0199. The molecule has 1 unspecified atom stereocenters. The fraction of sp³-hybridized carbons (Fsp3) is 0.462. The molecular weight excluding hydrogens is 229 g/mol. The Hall–Kier alpha value is -1.19. The Morgan fingerprint density at radius 2 is 1.76 bits per heavy atom. The van der Waals surface area contributed by atoms with Crippen LogP contribution in [0.5, 0.6) is 5.75 Å². The molecule has 1 aromatic carbocycles. The van der Waals surface area contributed by atoms with Crippen molar-refractivity contribution in [3.05, 3.63) is 37.3 Å². The second-order valence-electron chi connectivity index (χ2n) is 3.85. The number of halogens is 3. The van der Waals surface area contributed by atoms with Crippen molar-refractivity contribution in [3.8, 4) is 5.75 Å². The molecule has 1 rings (SSSR count). The van der Waals surface area contributed by atoms with Crippen LogP contribution in [0.4, 0.5) is 13.2 Å². The van der Waals surface area contributed by atoms with Gasteiger partial charge in [-0.25, -0.2) is 0 Å². The number of hydrogen-bond donors (Lipinski definition) is 0. The first-order chi connectivity index (χ1) is 8.01. The molecule has 17 heavy (non-hydrogen) atoms. The molecule has 0 saturated carbocycles. The van der Waals surface area contributed by atoms with Crippen LogP contribution in [0.3, 0.4) is 0 Å². The lowest BCUT2D eigenvalue weighted by Crippen LogP contribution is -2.20. The highest BCUT2D eigenvalue weighted by molar-refractivity contribution is 5.21. The number of para-hydroxylation sites is 1. The van der Waals surface area contributed by atoms with Crippen LogP contribution >= 0.6 is 0 Å². The van der Waals surface area contributed by atoms with Crippen LogP contribution < -0.4 is 4.74 Å². The highest BCUT2D eigenvalue weighted by Gasteiger charge is 2.28. The van der Waals surface area contributed by atoms with Crippen LogP contribution in [0.1, 0.15) is 25.7 Å². The predicted octanol–water partition coefficient (Wildman–Crippen LogP) is 4.39. The van der Waals surface area contributed by atoms with Gasteiger partial charge in [0.25, 0.3) is 0 Å². The number of ether oxygens (including phenoxy) is 1. The van der Waals surface area contributed by atoms with Gasteiger partial charge in [0.05, 0.1) is 6.10 Å². The smallest absolute Gasteiger partial charge is 0.389 e. The predicted molar refractivity (Wildman–Crippen MR) is 60.7 cm³/mol. The fourth-order valence-corrected chi connectivity index (χ4v) is 1.51. The molecule has 1 nitrogen and oxygen atoms in total. The van der Waals surface area contributed by atoms with Gasteiger partial charge < -0.3 is 4.74 Å². The number of hydrogen-bond acceptors (Lipinski definition) is 1. The Morgan fingerprint density at radius 1 is 1.12 bits per heavy atom. The van der Waals surface area contributed by atoms with Crippen molar-refractivity contribution in [2.45, 2.75) is 38.0 Å². The van der Waals surface area contributed by atoms with Crippen molar-refractivity contribution >= 4 is 0 Å². The van der Waals surface area contributed by atoms with Crippen molar-refractivity contribution < 1.29 is 17.9 Å². The van der Waals surface area contributed by atoms with E-state index in [1.54, 1.807) is 24.3 Å². The third-order valence-corrected chi connectivity index (χ3v) is 2.32. The molecule has 0 bridgehead atoms. The van der Waals surface area contributed by atoms with Crippen molar-refractivity contribution in [1.82, 2.24) is 0 Å². The van der Waals surface area contributed by atoms with Crippen LogP contribution in [0, 0.1) is 6.92 Å². The normalized spacial score (nSPS) is 13.4. The van der Waals surface area contributed by atoms with Crippen LogP contribution in [0.2, 0.25) is 0 Å². The summed E-state index contributed by atoms with van der Waals surface area (Å²) < 4.78 is 41.9. The van der Waals surface area contributed by atoms with Crippen molar-refractivity contribution in [3.63, 3.8) is 0 Å². The van der Waals surface area contributed by atoms with E-state index in [9.17, 15) is 13.2 Å². The van der Waals surface area contributed by atoms with Crippen molar-refractivity contribution in [2.75, 3.05) is 0 Å². The zero-order valence-corrected chi connectivity index (χ0v) is 9.54. The second kappa shape index (κ2) is 6.52. The van der Waals surface area contributed by atoms with E-state index in [2.05, 4.69) is 6.92 Å². The van der Waals surface area contributed by atoms with Gasteiger partial charge in [-0.1, -0.05) is 25.1 Å². The largest absolute Gasteiger partial charge is 0.490 e. The lowest BCUT2D eigenvalue weighted by atomic mass is 10.1. The van der Waals surface area contributed by atoms with Gasteiger partial charge in [-0.15, -0.1) is 0 Å². The van der Waals surface area contributed by atoms with Crippen LogP contribution in [-0.4, -0.2) is 12.3 Å². The first kappa shape index (κ1) is 13.9. The molecule has 0 saturated heterocycles. The topological polar surface area (TPSA) is 9.23 Å². The molecule has 4 heteroatoms. The third-order valence-electron chi connectivity index (χ3n) is 2.32. The average molecular weight is 245 g/mol. The molecule has 1 aromatic rings.